The van der Waals surface area contributed by atoms with E-state index in [1.54, 1.807) is 39.6 Å². The van der Waals surface area contributed by atoms with E-state index in [2.05, 4.69) is 15.2 Å². The van der Waals surface area contributed by atoms with Crippen LogP contribution < -0.4 is 10.1 Å². The zero-order chi connectivity index (χ0) is 25.0. The normalized spacial score (nSPS) is 11.6. The average Bonchev–Trinajstić information content (AvgIpc) is 3.67. The quantitative estimate of drug-likeness (QED) is 0.211. The minimum atomic E-state index is -3.80. The second-order valence-electron chi connectivity index (χ2n) is 7.47. The molecule has 36 heavy (non-hydrogen) atoms. The molecule has 5 rings (SSSR count). The standard InChI is InChI=1S/C25H19N5O3S3/c31-25(20-10-4-5-11-21(20)29-36(32,33)23-13-7-15-35-23)27-26-16-18-17-30(19-8-2-1-3-9-19)28-24(18)22-12-6-14-34-22/h1-17,29H,(H,27,31)/b26-16-. The van der Waals surface area contributed by atoms with Crippen LogP contribution in [0, 0.1) is 0 Å². The first kappa shape index (κ1) is 23.7. The Hall–Kier alpha value is -4.06. The minimum absolute atomic E-state index is 0.147. The van der Waals surface area contributed by atoms with E-state index in [9.17, 15) is 13.2 Å². The van der Waals surface area contributed by atoms with E-state index in [-0.39, 0.29) is 15.5 Å². The Morgan fingerprint density at radius 3 is 2.42 bits per heavy atom. The molecule has 0 saturated carbocycles. The number of nitrogens with one attached hydrogen (secondary N) is 2. The monoisotopic (exact) mass is 533 g/mol. The van der Waals surface area contributed by atoms with Gasteiger partial charge < -0.3 is 0 Å². The maximum Gasteiger partial charge on any atom is 0.273 e. The van der Waals surface area contributed by atoms with Gasteiger partial charge in [0.25, 0.3) is 15.9 Å². The van der Waals surface area contributed by atoms with Crippen LogP contribution in [0.3, 0.4) is 0 Å². The van der Waals surface area contributed by atoms with Crippen molar-refractivity contribution >= 4 is 50.5 Å². The van der Waals surface area contributed by atoms with Crippen LogP contribution in [0.2, 0.25) is 0 Å². The molecule has 3 aromatic heterocycles. The number of hydrazone groups is 1. The summed E-state index contributed by atoms with van der Waals surface area (Å²) in [5, 5.41) is 12.5. The second kappa shape index (κ2) is 10.3. The van der Waals surface area contributed by atoms with Crippen LogP contribution in [0.4, 0.5) is 5.69 Å². The second-order valence-corrected chi connectivity index (χ2v) is 11.3. The highest BCUT2D eigenvalue weighted by atomic mass is 32.2. The van der Waals surface area contributed by atoms with Gasteiger partial charge in [-0.15, -0.1) is 22.7 Å². The summed E-state index contributed by atoms with van der Waals surface area (Å²) in [5.41, 5.74) is 5.15. The summed E-state index contributed by atoms with van der Waals surface area (Å²) in [6, 6.07) is 23.1. The first-order valence-electron chi connectivity index (χ1n) is 10.7. The number of hydrogen-bond acceptors (Lipinski definition) is 7. The Labute approximate surface area is 215 Å². The van der Waals surface area contributed by atoms with Crippen molar-refractivity contribution in [2.45, 2.75) is 4.21 Å². The van der Waals surface area contributed by atoms with Gasteiger partial charge in [0.05, 0.1) is 28.0 Å². The smallest absolute Gasteiger partial charge is 0.273 e. The van der Waals surface area contributed by atoms with E-state index >= 15 is 0 Å². The van der Waals surface area contributed by atoms with E-state index in [0.29, 0.717) is 5.56 Å². The number of para-hydroxylation sites is 2. The highest BCUT2D eigenvalue weighted by Gasteiger charge is 2.19. The number of rotatable bonds is 8. The van der Waals surface area contributed by atoms with Crippen LogP contribution in [-0.2, 0) is 10.0 Å². The molecule has 0 aliphatic rings. The SMILES string of the molecule is O=C(N/N=C\c1cn(-c2ccccc2)nc1-c1cccs1)c1ccccc1NS(=O)(=O)c1cccs1. The minimum Gasteiger partial charge on any atom is -0.278 e. The van der Waals surface area contributed by atoms with Crippen LogP contribution in [0.25, 0.3) is 16.3 Å². The molecule has 1 amide bonds. The van der Waals surface area contributed by atoms with Gasteiger partial charge >= 0.3 is 0 Å². The lowest BCUT2D eigenvalue weighted by atomic mass is 10.2. The molecular formula is C25H19N5O3S3. The molecule has 180 valence electrons. The summed E-state index contributed by atoms with van der Waals surface area (Å²) < 4.78 is 29.7. The molecule has 0 bridgehead atoms. The summed E-state index contributed by atoms with van der Waals surface area (Å²) in [5.74, 6) is -0.552. The molecule has 11 heteroatoms. The van der Waals surface area contributed by atoms with Crippen molar-refractivity contribution in [1.82, 2.24) is 15.2 Å². The topological polar surface area (TPSA) is 105 Å². The molecule has 5 aromatic rings. The molecule has 0 radical (unpaired) electrons. The Morgan fingerprint density at radius 1 is 0.917 bits per heavy atom. The van der Waals surface area contributed by atoms with Crippen LogP contribution >= 0.6 is 22.7 Å². The summed E-state index contributed by atoms with van der Waals surface area (Å²) in [6.07, 6.45) is 3.36. The number of thiophene rings is 2. The van der Waals surface area contributed by atoms with Gasteiger partial charge in [-0.1, -0.05) is 42.5 Å². The molecular weight excluding hydrogens is 515 g/mol. The van der Waals surface area contributed by atoms with Crippen molar-refractivity contribution < 1.29 is 13.2 Å². The number of anilines is 1. The van der Waals surface area contributed by atoms with Gasteiger partial charge in [-0.3, -0.25) is 9.52 Å². The average molecular weight is 534 g/mol. The van der Waals surface area contributed by atoms with Crippen LogP contribution in [0.1, 0.15) is 15.9 Å². The van der Waals surface area contributed by atoms with Crippen LogP contribution in [0.5, 0.6) is 0 Å². The van der Waals surface area contributed by atoms with Crippen molar-refractivity contribution in [1.29, 1.82) is 0 Å². The molecule has 8 nitrogen and oxygen atoms in total. The van der Waals surface area contributed by atoms with Crippen molar-refractivity contribution in [3.05, 3.63) is 107 Å². The molecule has 0 unspecified atom stereocenters. The first-order chi connectivity index (χ1) is 17.5. The number of aromatic nitrogens is 2. The number of amides is 1. The van der Waals surface area contributed by atoms with Crippen molar-refractivity contribution in [3.8, 4) is 16.3 Å². The predicted octanol–water partition coefficient (Wildman–Crippen LogP) is 5.23. The lowest BCUT2D eigenvalue weighted by Gasteiger charge is -2.10. The highest BCUT2D eigenvalue weighted by Crippen LogP contribution is 2.27. The molecule has 2 aromatic carbocycles. The third kappa shape index (κ3) is 5.13. The largest absolute Gasteiger partial charge is 0.278 e. The lowest BCUT2D eigenvalue weighted by Crippen LogP contribution is -2.21. The first-order valence-corrected chi connectivity index (χ1v) is 13.9. The van der Waals surface area contributed by atoms with Crippen LogP contribution in [-0.4, -0.2) is 30.3 Å². The van der Waals surface area contributed by atoms with E-state index in [1.807, 2.05) is 54.0 Å². The fourth-order valence-corrected chi connectivity index (χ4v) is 6.21. The zero-order valence-corrected chi connectivity index (χ0v) is 21.1. The van der Waals surface area contributed by atoms with Gasteiger partial charge in [0.1, 0.15) is 9.90 Å². The summed E-state index contributed by atoms with van der Waals surface area (Å²) in [4.78, 5) is 13.9. The van der Waals surface area contributed by atoms with Gasteiger partial charge in [-0.2, -0.15) is 10.2 Å². The molecule has 0 spiro atoms. The van der Waals surface area contributed by atoms with Gasteiger partial charge in [0.2, 0.25) is 0 Å². The third-order valence-electron chi connectivity index (χ3n) is 5.06. The maximum atomic E-state index is 12.9. The lowest BCUT2D eigenvalue weighted by molar-refractivity contribution is 0.0956. The molecule has 0 saturated heterocycles. The molecule has 0 aliphatic carbocycles. The van der Waals surface area contributed by atoms with Crippen molar-refractivity contribution in [2.24, 2.45) is 5.10 Å². The predicted molar refractivity (Wildman–Crippen MR) is 144 cm³/mol. The molecule has 0 aliphatic heterocycles. The number of carbonyl (C=O) groups excluding carboxylic acids is 1. The Kier molecular flexibility index (Phi) is 6.76. The van der Waals surface area contributed by atoms with Gasteiger partial charge in [0, 0.05) is 11.8 Å². The molecule has 3 heterocycles. The summed E-state index contributed by atoms with van der Waals surface area (Å²) in [6.45, 7) is 0. The number of hydrogen-bond donors (Lipinski definition) is 2. The van der Waals surface area contributed by atoms with E-state index in [0.717, 1.165) is 27.6 Å². The Balaban J connectivity index is 1.38. The highest BCUT2D eigenvalue weighted by molar-refractivity contribution is 7.94. The number of nitrogens with zero attached hydrogens (tertiary/aromatic N) is 3. The fraction of sp³-hybridized carbons (Fsp3) is 0. The van der Waals surface area contributed by atoms with E-state index in [1.165, 1.54) is 24.4 Å². The summed E-state index contributed by atoms with van der Waals surface area (Å²) >= 11 is 2.65. The van der Waals surface area contributed by atoms with Crippen LogP contribution in [0.15, 0.2) is 105 Å². The molecule has 0 fully saturated rings. The maximum absolute atomic E-state index is 12.9. The van der Waals surface area contributed by atoms with Gasteiger partial charge in [0.15, 0.2) is 0 Å². The summed E-state index contributed by atoms with van der Waals surface area (Å²) in [7, 11) is -3.80. The fourth-order valence-electron chi connectivity index (χ4n) is 3.40. The third-order valence-corrected chi connectivity index (χ3v) is 8.70. The van der Waals surface area contributed by atoms with Crippen molar-refractivity contribution in [2.75, 3.05) is 4.72 Å². The Bertz CT molecular complexity index is 1610. The number of carbonyl (C=O) groups is 1. The van der Waals surface area contributed by atoms with E-state index in [4.69, 9.17) is 5.10 Å². The van der Waals surface area contributed by atoms with Gasteiger partial charge in [-0.25, -0.2) is 18.5 Å². The van der Waals surface area contributed by atoms with Gasteiger partial charge in [-0.05, 0) is 47.2 Å². The molecule has 2 N–H and O–H groups in total. The van der Waals surface area contributed by atoms with Crippen molar-refractivity contribution in [3.63, 3.8) is 0 Å². The Morgan fingerprint density at radius 2 is 1.67 bits per heavy atom. The number of sulfonamides is 1. The number of benzene rings is 2. The zero-order valence-electron chi connectivity index (χ0n) is 18.6. The van der Waals surface area contributed by atoms with E-state index < -0.39 is 15.9 Å². The molecule has 0 atom stereocenters.